The van der Waals surface area contributed by atoms with Gasteiger partial charge in [0.2, 0.25) is 5.96 Å². The van der Waals surface area contributed by atoms with Crippen molar-refractivity contribution < 1.29 is 10.2 Å². The number of aromatic hydroxyl groups is 2. The van der Waals surface area contributed by atoms with Gasteiger partial charge in [0.05, 0.1) is 6.21 Å². The summed E-state index contributed by atoms with van der Waals surface area (Å²) in [5.41, 5.74) is 10.4. The Kier molecular flexibility index (Phi) is 2.90. The van der Waals surface area contributed by atoms with Gasteiger partial charge in [-0.25, -0.2) is 0 Å². The lowest BCUT2D eigenvalue weighted by molar-refractivity contribution is 0.459. The van der Waals surface area contributed by atoms with E-state index in [1.165, 1.54) is 24.4 Å². The van der Waals surface area contributed by atoms with Gasteiger partial charge in [0.25, 0.3) is 0 Å². The van der Waals surface area contributed by atoms with Gasteiger partial charge in [-0.2, -0.15) is 5.10 Å². The number of hydrogen-bond acceptors (Lipinski definition) is 4. The summed E-state index contributed by atoms with van der Waals surface area (Å²) in [6.45, 7) is 0. The molecule has 0 aromatic heterocycles. The molecule has 0 saturated carbocycles. The Morgan fingerprint density at radius 3 is 2.64 bits per heavy atom. The van der Waals surface area contributed by atoms with Crippen molar-refractivity contribution in [2.45, 2.75) is 0 Å². The van der Waals surface area contributed by atoms with E-state index in [1.54, 1.807) is 0 Å². The third-order valence-electron chi connectivity index (χ3n) is 1.38. The Morgan fingerprint density at radius 1 is 1.29 bits per heavy atom. The Morgan fingerprint density at radius 2 is 2.00 bits per heavy atom. The molecule has 0 aliphatic carbocycles. The minimum absolute atomic E-state index is 0.0163. The van der Waals surface area contributed by atoms with Gasteiger partial charge in [0.1, 0.15) is 11.5 Å². The molecule has 1 aromatic rings. The van der Waals surface area contributed by atoms with Gasteiger partial charge in [-0.05, 0) is 18.2 Å². The molecule has 6 N–H and O–H groups in total. The molecular weight excluding hydrogens is 184 g/mol. The van der Waals surface area contributed by atoms with Crippen LogP contribution in [0.5, 0.6) is 11.5 Å². The van der Waals surface area contributed by atoms with Crippen molar-refractivity contribution in [3.8, 4) is 11.5 Å². The summed E-state index contributed by atoms with van der Waals surface area (Å²) in [4.78, 5) is 0. The molecule has 0 aliphatic heterocycles. The van der Waals surface area contributed by atoms with Crippen LogP contribution in [0.2, 0.25) is 0 Å². The number of nitrogens with zero attached hydrogens (tertiary/aromatic N) is 2. The second kappa shape index (κ2) is 4.13. The van der Waals surface area contributed by atoms with Crippen LogP contribution in [0.1, 0.15) is 5.56 Å². The molecule has 0 atom stereocenters. The van der Waals surface area contributed by atoms with Gasteiger partial charge in [0, 0.05) is 5.56 Å². The number of rotatable bonds is 2. The fourth-order valence-electron chi connectivity index (χ4n) is 0.803. The maximum atomic E-state index is 9.29. The van der Waals surface area contributed by atoms with Crippen LogP contribution in [0.15, 0.2) is 28.4 Å². The highest BCUT2D eigenvalue weighted by molar-refractivity contribution is 5.85. The van der Waals surface area contributed by atoms with E-state index in [0.29, 0.717) is 5.56 Å². The first kappa shape index (κ1) is 9.85. The van der Waals surface area contributed by atoms with Crippen molar-refractivity contribution in [1.29, 1.82) is 0 Å². The van der Waals surface area contributed by atoms with E-state index in [9.17, 15) is 5.11 Å². The van der Waals surface area contributed by atoms with Crippen molar-refractivity contribution in [2.24, 2.45) is 21.7 Å². The highest BCUT2D eigenvalue weighted by Crippen LogP contribution is 2.19. The number of guanidine groups is 1. The van der Waals surface area contributed by atoms with Gasteiger partial charge >= 0.3 is 0 Å². The molecule has 14 heavy (non-hydrogen) atoms. The lowest BCUT2D eigenvalue weighted by Gasteiger charge is -1.97. The van der Waals surface area contributed by atoms with Gasteiger partial charge in [0.15, 0.2) is 0 Å². The van der Waals surface area contributed by atoms with Crippen LogP contribution in [-0.2, 0) is 0 Å². The zero-order valence-electron chi connectivity index (χ0n) is 7.25. The second-order valence-corrected chi connectivity index (χ2v) is 2.51. The van der Waals surface area contributed by atoms with Crippen molar-refractivity contribution in [3.63, 3.8) is 0 Å². The average molecular weight is 194 g/mol. The van der Waals surface area contributed by atoms with E-state index in [1.807, 2.05) is 0 Å². The number of phenolic OH excluding ortho intramolecular Hbond substituents is 2. The van der Waals surface area contributed by atoms with Crippen LogP contribution in [0.3, 0.4) is 0 Å². The highest BCUT2D eigenvalue weighted by Gasteiger charge is 1.98. The third kappa shape index (κ3) is 2.67. The minimum atomic E-state index is -0.180. The summed E-state index contributed by atoms with van der Waals surface area (Å²) in [7, 11) is 0. The molecule has 0 heterocycles. The van der Waals surface area contributed by atoms with Crippen LogP contribution in [-0.4, -0.2) is 22.4 Å². The van der Waals surface area contributed by atoms with Crippen LogP contribution in [0.4, 0.5) is 0 Å². The van der Waals surface area contributed by atoms with E-state index in [0.717, 1.165) is 0 Å². The second-order valence-electron chi connectivity index (χ2n) is 2.51. The number of nitrogens with two attached hydrogens (primary N) is 2. The zero-order valence-corrected chi connectivity index (χ0v) is 7.25. The molecule has 0 aliphatic rings. The summed E-state index contributed by atoms with van der Waals surface area (Å²) in [6, 6.07) is 4.03. The monoisotopic (exact) mass is 194 g/mol. The molecule has 0 fully saturated rings. The topological polar surface area (TPSA) is 117 Å². The maximum Gasteiger partial charge on any atom is 0.211 e. The lowest BCUT2D eigenvalue weighted by atomic mass is 10.2. The smallest absolute Gasteiger partial charge is 0.211 e. The van der Waals surface area contributed by atoms with Crippen molar-refractivity contribution in [3.05, 3.63) is 23.8 Å². The molecule has 1 aromatic carbocycles. The van der Waals surface area contributed by atoms with Crippen molar-refractivity contribution in [1.82, 2.24) is 0 Å². The largest absolute Gasteiger partial charge is 0.508 e. The molecule has 1 rings (SSSR count). The lowest BCUT2D eigenvalue weighted by Crippen LogP contribution is -2.21. The SMILES string of the molecule is NC(N)=NN=Cc1cc(O)ccc1O. The summed E-state index contributed by atoms with van der Waals surface area (Å²) < 4.78 is 0. The average Bonchev–Trinajstić information content (AvgIpc) is 2.10. The van der Waals surface area contributed by atoms with Gasteiger partial charge < -0.3 is 21.7 Å². The maximum absolute atomic E-state index is 9.29. The normalized spacial score (nSPS) is 10.3. The third-order valence-corrected chi connectivity index (χ3v) is 1.38. The van der Waals surface area contributed by atoms with Gasteiger partial charge in [-0.1, -0.05) is 0 Å². The first-order valence-electron chi connectivity index (χ1n) is 3.73. The van der Waals surface area contributed by atoms with E-state index >= 15 is 0 Å². The molecule has 74 valence electrons. The van der Waals surface area contributed by atoms with Crippen molar-refractivity contribution in [2.75, 3.05) is 0 Å². The Balaban J connectivity index is 2.91. The van der Waals surface area contributed by atoms with Crippen LogP contribution < -0.4 is 11.5 Å². The Hall–Kier alpha value is -2.24. The molecule has 0 bridgehead atoms. The Bertz CT molecular complexity index is 383. The predicted octanol–water partition coefficient (Wildman–Crippen LogP) is -0.295. The van der Waals surface area contributed by atoms with Crippen LogP contribution in [0.25, 0.3) is 0 Å². The molecule has 6 nitrogen and oxygen atoms in total. The summed E-state index contributed by atoms with van der Waals surface area (Å²) >= 11 is 0. The molecule has 0 saturated heterocycles. The number of phenols is 2. The first-order valence-corrected chi connectivity index (χ1v) is 3.73. The van der Waals surface area contributed by atoms with Crippen LogP contribution in [0, 0.1) is 0 Å². The molecule has 0 unspecified atom stereocenters. The Labute approximate surface area is 80.2 Å². The molecular formula is C8H10N4O2. The minimum Gasteiger partial charge on any atom is -0.508 e. The molecule has 6 heteroatoms. The fourth-order valence-corrected chi connectivity index (χ4v) is 0.803. The number of hydrogen-bond donors (Lipinski definition) is 4. The quantitative estimate of drug-likeness (QED) is 0.224. The van der Waals surface area contributed by atoms with E-state index < -0.39 is 0 Å². The van der Waals surface area contributed by atoms with E-state index in [-0.39, 0.29) is 17.5 Å². The molecule has 0 amide bonds. The number of benzene rings is 1. The highest BCUT2D eigenvalue weighted by atomic mass is 16.3. The van der Waals surface area contributed by atoms with E-state index in [2.05, 4.69) is 10.2 Å². The standard InChI is InChI=1S/C8H10N4O2/c9-8(10)12-11-4-5-3-6(13)1-2-7(5)14/h1-4,13-14H,(H4,9,10,12). The molecule has 0 spiro atoms. The van der Waals surface area contributed by atoms with Gasteiger partial charge in [-0.3, -0.25) is 0 Å². The van der Waals surface area contributed by atoms with Gasteiger partial charge in [-0.15, -0.1) is 5.10 Å². The van der Waals surface area contributed by atoms with Crippen LogP contribution >= 0.6 is 0 Å². The molecule has 0 radical (unpaired) electrons. The predicted molar refractivity (Wildman–Crippen MR) is 53.2 cm³/mol. The zero-order chi connectivity index (χ0) is 10.6. The fraction of sp³-hybridized carbons (Fsp3) is 0. The van der Waals surface area contributed by atoms with E-state index in [4.69, 9.17) is 16.6 Å². The summed E-state index contributed by atoms with van der Waals surface area (Å²) in [6.07, 6.45) is 1.23. The summed E-state index contributed by atoms with van der Waals surface area (Å²) in [5.74, 6) is -0.174. The first-order chi connectivity index (χ1) is 6.59. The summed E-state index contributed by atoms with van der Waals surface area (Å²) in [5, 5.41) is 25.2. The van der Waals surface area contributed by atoms with Crippen molar-refractivity contribution >= 4 is 12.2 Å².